The summed E-state index contributed by atoms with van der Waals surface area (Å²) >= 11 is 0. The van der Waals surface area contributed by atoms with Crippen LogP contribution in [-0.2, 0) is 10.0 Å². The minimum absolute atomic E-state index is 0.00427. The monoisotopic (exact) mass is 320 g/mol. The van der Waals surface area contributed by atoms with Crippen molar-refractivity contribution >= 4 is 20.9 Å². The smallest absolute Gasteiger partial charge is 0.243 e. The molecule has 1 saturated heterocycles. The minimum atomic E-state index is -3.58. The third-order valence-corrected chi connectivity index (χ3v) is 6.41. The highest BCUT2D eigenvalue weighted by Gasteiger charge is 2.37. The van der Waals surface area contributed by atoms with E-state index in [-0.39, 0.29) is 18.4 Å². The lowest BCUT2D eigenvalue weighted by Gasteiger charge is -2.18. The van der Waals surface area contributed by atoms with Gasteiger partial charge in [0.15, 0.2) is 0 Å². The molecule has 0 saturated carbocycles. The van der Waals surface area contributed by atoms with Gasteiger partial charge in [-0.1, -0.05) is 13.0 Å². The normalized spacial score (nSPS) is 23.2. The maximum Gasteiger partial charge on any atom is 0.243 e. The van der Waals surface area contributed by atoms with E-state index < -0.39 is 10.0 Å². The minimum Gasteiger partial charge on any atom is -0.396 e. The second-order valence-electron chi connectivity index (χ2n) is 6.02. The number of aryl methyl sites for hydroxylation is 1. The van der Waals surface area contributed by atoms with E-state index in [2.05, 4.69) is 4.98 Å². The number of aromatic nitrogens is 1. The fourth-order valence-electron chi connectivity index (χ4n) is 3.07. The van der Waals surface area contributed by atoms with Gasteiger partial charge in [0.25, 0.3) is 0 Å². The molecule has 1 aromatic heterocycles. The molecular formula is C16H20N2O3S. The molecule has 1 N–H and O–H groups in total. The van der Waals surface area contributed by atoms with Crippen molar-refractivity contribution in [3.05, 3.63) is 36.0 Å². The number of hydrogen-bond donors (Lipinski definition) is 1. The number of benzene rings is 1. The van der Waals surface area contributed by atoms with Crippen molar-refractivity contribution in [1.29, 1.82) is 0 Å². The molecule has 0 unspecified atom stereocenters. The molecule has 2 atom stereocenters. The summed E-state index contributed by atoms with van der Waals surface area (Å²) in [5.41, 5.74) is 1.67. The van der Waals surface area contributed by atoms with Crippen molar-refractivity contribution in [2.75, 3.05) is 19.7 Å². The van der Waals surface area contributed by atoms with Crippen LogP contribution in [0.15, 0.2) is 35.4 Å². The van der Waals surface area contributed by atoms with Crippen LogP contribution in [0.4, 0.5) is 0 Å². The van der Waals surface area contributed by atoms with Crippen LogP contribution in [0, 0.1) is 18.8 Å². The van der Waals surface area contributed by atoms with Gasteiger partial charge in [-0.2, -0.15) is 4.31 Å². The third kappa shape index (κ3) is 2.41. The van der Waals surface area contributed by atoms with Gasteiger partial charge in [0.1, 0.15) is 0 Å². The van der Waals surface area contributed by atoms with Crippen LogP contribution >= 0.6 is 0 Å². The van der Waals surface area contributed by atoms with Crippen molar-refractivity contribution in [3.8, 4) is 0 Å². The summed E-state index contributed by atoms with van der Waals surface area (Å²) in [6.07, 6.45) is 1.67. The molecule has 0 amide bonds. The number of sulfonamides is 1. The highest BCUT2D eigenvalue weighted by molar-refractivity contribution is 7.89. The zero-order chi connectivity index (χ0) is 15.9. The second kappa shape index (κ2) is 5.61. The van der Waals surface area contributed by atoms with Gasteiger partial charge in [0.05, 0.1) is 10.4 Å². The SMILES string of the molecule is Cc1ccc(S(=O)(=O)N2C[C@@H](CO)[C@H](C)C2)c2cccnc12. The van der Waals surface area contributed by atoms with E-state index in [1.54, 1.807) is 30.5 Å². The molecule has 22 heavy (non-hydrogen) atoms. The Morgan fingerprint density at radius 2 is 2.09 bits per heavy atom. The molecule has 118 valence electrons. The average Bonchev–Trinajstić information content (AvgIpc) is 2.89. The number of hydrogen-bond acceptors (Lipinski definition) is 4. The standard InChI is InChI=1S/C16H20N2O3S/c1-11-5-6-15(14-4-3-7-17-16(11)14)22(20,21)18-8-12(2)13(9-18)10-19/h3-7,12-13,19H,8-10H2,1-2H3/t12-,13+/m1/s1. The van der Waals surface area contributed by atoms with Gasteiger partial charge in [0, 0.05) is 31.3 Å². The van der Waals surface area contributed by atoms with Crippen molar-refractivity contribution in [1.82, 2.24) is 9.29 Å². The molecule has 2 aromatic rings. The molecule has 0 radical (unpaired) electrons. The van der Waals surface area contributed by atoms with E-state index in [1.807, 2.05) is 13.8 Å². The predicted octanol–water partition coefficient (Wildman–Crippen LogP) is 1.79. The Morgan fingerprint density at radius 1 is 1.32 bits per heavy atom. The topological polar surface area (TPSA) is 70.5 Å². The first-order valence-corrected chi connectivity index (χ1v) is 8.84. The van der Waals surface area contributed by atoms with Crippen LogP contribution < -0.4 is 0 Å². The van der Waals surface area contributed by atoms with E-state index in [4.69, 9.17) is 0 Å². The number of rotatable bonds is 3. The van der Waals surface area contributed by atoms with Crippen LogP contribution in [0.3, 0.4) is 0 Å². The zero-order valence-electron chi connectivity index (χ0n) is 12.7. The molecule has 1 fully saturated rings. The molecule has 2 heterocycles. The van der Waals surface area contributed by atoms with E-state index in [1.165, 1.54) is 4.31 Å². The van der Waals surface area contributed by atoms with Gasteiger partial charge >= 0.3 is 0 Å². The van der Waals surface area contributed by atoms with E-state index in [0.29, 0.717) is 23.4 Å². The van der Waals surface area contributed by atoms with Crippen LogP contribution in [0.5, 0.6) is 0 Å². The lowest BCUT2D eigenvalue weighted by atomic mass is 10.00. The number of pyridine rings is 1. The van der Waals surface area contributed by atoms with Crippen molar-refractivity contribution < 1.29 is 13.5 Å². The molecule has 5 nitrogen and oxygen atoms in total. The van der Waals surface area contributed by atoms with Gasteiger partial charge in [-0.25, -0.2) is 8.42 Å². The largest absolute Gasteiger partial charge is 0.396 e. The molecule has 0 spiro atoms. The molecule has 0 aliphatic carbocycles. The molecular weight excluding hydrogens is 300 g/mol. The molecule has 3 rings (SSSR count). The Hall–Kier alpha value is -1.50. The van der Waals surface area contributed by atoms with Gasteiger partial charge in [-0.3, -0.25) is 4.98 Å². The first kappa shape index (κ1) is 15.4. The summed E-state index contributed by atoms with van der Waals surface area (Å²) in [6.45, 7) is 4.73. The summed E-state index contributed by atoms with van der Waals surface area (Å²) in [6, 6.07) is 7.01. The van der Waals surface area contributed by atoms with Crippen molar-refractivity contribution in [2.24, 2.45) is 11.8 Å². The number of fused-ring (bicyclic) bond motifs is 1. The Bertz CT molecular complexity index is 804. The van der Waals surface area contributed by atoms with Gasteiger partial charge in [-0.05, 0) is 42.5 Å². The Labute approximate surface area is 130 Å². The zero-order valence-corrected chi connectivity index (χ0v) is 13.5. The summed E-state index contributed by atoms with van der Waals surface area (Å²) in [5, 5.41) is 10.0. The molecule has 1 aliphatic rings. The first-order valence-electron chi connectivity index (χ1n) is 7.40. The molecule has 0 bridgehead atoms. The summed E-state index contributed by atoms with van der Waals surface area (Å²) in [4.78, 5) is 4.60. The third-order valence-electron chi connectivity index (χ3n) is 4.52. The van der Waals surface area contributed by atoms with E-state index >= 15 is 0 Å². The number of aliphatic hydroxyl groups is 1. The molecule has 1 aliphatic heterocycles. The number of aliphatic hydroxyl groups excluding tert-OH is 1. The summed E-state index contributed by atoms with van der Waals surface area (Å²) < 4.78 is 27.4. The maximum absolute atomic E-state index is 13.0. The fraction of sp³-hybridized carbons (Fsp3) is 0.438. The van der Waals surface area contributed by atoms with Crippen LogP contribution in [-0.4, -0.2) is 42.5 Å². The Kier molecular flexibility index (Phi) is 3.92. The maximum atomic E-state index is 13.0. The van der Waals surface area contributed by atoms with Gasteiger partial charge in [-0.15, -0.1) is 0 Å². The fourth-order valence-corrected chi connectivity index (χ4v) is 4.85. The van der Waals surface area contributed by atoms with Gasteiger partial charge < -0.3 is 5.11 Å². The average molecular weight is 320 g/mol. The van der Waals surface area contributed by atoms with Crippen molar-refractivity contribution in [3.63, 3.8) is 0 Å². The Balaban J connectivity index is 2.09. The summed E-state index contributed by atoms with van der Waals surface area (Å²) in [5.74, 6) is 0.166. The first-order chi connectivity index (χ1) is 10.4. The lowest BCUT2D eigenvalue weighted by molar-refractivity contribution is 0.210. The van der Waals surface area contributed by atoms with E-state index in [0.717, 1.165) is 11.1 Å². The molecule has 6 heteroatoms. The van der Waals surface area contributed by atoms with Crippen molar-refractivity contribution in [2.45, 2.75) is 18.7 Å². The quantitative estimate of drug-likeness (QED) is 0.936. The summed E-state index contributed by atoms with van der Waals surface area (Å²) in [7, 11) is -3.58. The van der Waals surface area contributed by atoms with E-state index in [9.17, 15) is 13.5 Å². The van der Waals surface area contributed by atoms with Crippen LogP contribution in [0.1, 0.15) is 12.5 Å². The lowest BCUT2D eigenvalue weighted by Crippen LogP contribution is -2.29. The molecule has 1 aromatic carbocycles. The highest BCUT2D eigenvalue weighted by Crippen LogP contribution is 2.31. The Morgan fingerprint density at radius 3 is 2.77 bits per heavy atom. The van der Waals surface area contributed by atoms with Crippen LogP contribution in [0.25, 0.3) is 10.9 Å². The predicted molar refractivity (Wildman–Crippen MR) is 85.0 cm³/mol. The van der Waals surface area contributed by atoms with Crippen LogP contribution in [0.2, 0.25) is 0 Å². The highest BCUT2D eigenvalue weighted by atomic mass is 32.2. The number of nitrogens with zero attached hydrogens (tertiary/aromatic N) is 2. The second-order valence-corrected chi connectivity index (χ2v) is 7.93. The van der Waals surface area contributed by atoms with Gasteiger partial charge in [0.2, 0.25) is 10.0 Å².